The number of esters is 2. The number of rotatable bonds is 10. The summed E-state index contributed by atoms with van der Waals surface area (Å²) < 4.78 is 15.6. The Labute approximate surface area is 161 Å². The molecule has 6 heteroatoms. The van der Waals surface area contributed by atoms with Crippen LogP contribution in [0.15, 0.2) is 30.3 Å². The molecule has 27 heavy (non-hydrogen) atoms. The summed E-state index contributed by atoms with van der Waals surface area (Å²) in [5.41, 5.74) is 1.13. The lowest BCUT2D eigenvalue weighted by atomic mass is 9.82. The van der Waals surface area contributed by atoms with Crippen molar-refractivity contribution < 1.29 is 23.8 Å². The van der Waals surface area contributed by atoms with Crippen LogP contribution in [0.1, 0.15) is 32.6 Å². The van der Waals surface area contributed by atoms with Crippen LogP contribution in [0, 0.1) is 11.8 Å². The fraction of sp³-hybridized carbons (Fsp3) is 0.619. The van der Waals surface area contributed by atoms with Crippen LogP contribution in [0.3, 0.4) is 0 Å². The van der Waals surface area contributed by atoms with Gasteiger partial charge >= 0.3 is 11.9 Å². The molecule has 0 heterocycles. The summed E-state index contributed by atoms with van der Waals surface area (Å²) in [7, 11) is 1.57. The minimum atomic E-state index is -0.180. The lowest BCUT2D eigenvalue weighted by Crippen LogP contribution is -2.31. The number of benzene rings is 1. The molecule has 150 valence electrons. The number of carbonyl (C=O) groups is 2. The minimum absolute atomic E-state index is 0.111. The van der Waals surface area contributed by atoms with Gasteiger partial charge in [0.25, 0.3) is 0 Å². The van der Waals surface area contributed by atoms with Crippen LogP contribution in [0.2, 0.25) is 0 Å². The van der Waals surface area contributed by atoms with Gasteiger partial charge in [-0.1, -0.05) is 18.2 Å². The van der Waals surface area contributed by atoms with Gasteiger partial charge in [0.05, 0.1) is 25.0 Å². The van der Waals surface area contributed by atoms with Gasteiger partial charge in [0, 0.05) is 19.3 Å². The van der Waals surface area contributed by atoms with Crippen LogP contribution < -0.4 is 4.90 Å². The van der Waals surface area contributed by atoms with Crippen molar-refractivity contribution in [3.05, 3.63) is 30.3 Å². The molecule has 1 fully saturated rings. The van der Waals surface area contributed by atoms with Crippen molar-refractivity contribution in [2.45, 2.75) is 32.6 Å². The second-order valence-corrected chi connectivity index (χ2v) is 6.79. The van der Waals surface area contributed by atoms with E-state index in [1.165, 1.54) is 0 Å². The SMILES string of the molecule is CCN(CCOC(=O)C1CCC(C(=O)OCCOC)CC1)c1ccccc1. The Hall–Kier alpha value is -2.08. The van der Waals surface area contributed by atoms with Crippen LogP contribution in [0.4, 0.5) is 5.69 Å². The van der Waals surface area contributed by atoms with Crippen molar-refractivity contribution in [2.75, 3.05) is 44.9 Å². The smallest absolute Gasteiger partial charge is 0.309 e. The number of likely N-dealkylation sites (N-methyl/N-ethyl adjacent to an activating group) is 1. The lowest BCUT2D eigenvalue weighted by Gasteiger charge is -2.27. The first-order valence-electron chi connectivity index (χ1n) is 9.77. The molecule has 6 nitrogen and oxygen atoms in total. The van der Waals surface area contributed by atoms with Gasteiger partial charge in [-0.25, -0.2) is 0 Å². The average Bonchev–Trinajstić information content (AvgIpc) is 2.72. The third kappa shape index (κ3) is 6.86. The molecule has 0 saturated heterocycles. The zero-order valence-corrected chi connectivity index (χ0v) is 16.4. The summed E-state index contributed by atoms with van der Waals surface area (Å²) in [6.45, 7) is 4.69. The molecule has 0 bridgehead atoms. The van der Waals surface area contributed by atoms with Gasteiger partial charge in [-0.3, -0.25) is 9.59 Å². The molecule has 1 aromatic carbocycles. The Kier molecular flexibility index (Phi) is 9.11. The molecular formula is C21H31NO5. The fourth-order valence-electron chi connectivity index (χ4n) is 3.39. The van der Waals surface area contributed by atoms with Crippen LogP contribution in [-0.2, 0) is 23.8 Å². The molecule has 0 N–H and O–H groups in total. The fourth-order valence-corrected chi connectivity index (χ4v) is 3.39. The number of anilines is 1. The van der Waals surface area contributed by atoms with Gasteiger partial charge in [0.2, 0.25) is 0 Å². The molecule has 0 radical (unpaired) electrons. The highest BCUT2D eigenvalue weighted by Gasteiger charge is 2.31. The van der Waals surface area contributed by atoms with Crippen LogP contribution in [-0.4, -0.2) is 52.0 Å². The predicted octanol–water partition coefficient (Wildman–Crippen LogP) is 3.05. The average molecular weight is 377 g/mol. The number of para-hydroxylation sites is 1. The van der Waals surface area contributed by atoms with Gasteiger partial charge in [0.15, 0.2) is 0 Å². The molecule has 1 aliphatic carbocycles. The Morgan fingerprint density at radius 2 is 1.48 bits per heavy atom. The molecule has 0 atom stereocenters. The van der Waals surface area contributed by atoms with E-state index in [1.807, 2.05) is 18.2 Å². The maximum absolute atomic E-state index is 12.3. The number of carbonyl (C=O) groups excluding carboxylic acids is 2. The number of hydrogen-bond donors (Lipinski definition) is 0. The van der Waals surface area contributed by atoms with E-state index in [2.05, 4.69) is 24.0 Å². The predicted molar refractivity (Wildman–Crippen MR) is 104 cm³/mol. The third-order valence-corrected chi connectivity index (χ3v) is 5.03. The van der Waals surface area contributed by atoms with Crippen molar-refractivity contribution in [2.24, 2.45) is 11.8 Å². The van der Waals surface area contributed by atoms with Gasteiger partial charge in [-0.05, 0) is 44.7 Å². The van der Waals surface area contributed by atoms with Crippen LogP contribution >= 0.6 is 0 Å². The molecule has 0 aliphatic heterocycles. The van der Waals surface area contributed by atoms with Gasteiger partial charge in [-0.2, -0.15) is 0 Å². The van der Waals surface area contributed by atoms with E-state index >= 15 is 0 Å². The summed E-state index contributed by atoms with van der Waals surface area (Å²) >= 11 is 0. The maximum Gasteiger partial charge on any atom is 0.309 e. The summed E-state index contributed by atoms with van der Waals surface area (Å²) in [5.74, 6) is -0.551. The van der Waals surface area contributed by atoms with Gasteiger partial charge < -0.3 is 19.1 Å². The van der Waals surface area contributed by atoms with E-state index in [-0.39, 0.29) is 30.4 Å². The summed E-state index contributed by atoms with van der Waals surface area (Å²) in [4.78, 5) is 26.5. The highest BCUT2D eigenvalue weighted by atomic mass is 16.6. The largest absolute Gasteiger partial charge is 0.464 e. The molecule has 1 aromatic rings. The van der Waals surface area contributed by atoms with E-state index < -0.39 is 0 Å². The van der Waals surface area contributed by atoms with Crippen molar-refractivity contribution >= 4 is 17.6 Å². The lowest BCUT2D eigenvalue weighted by molar-refractivity contribution is -0.155. The first-order valence-corrected chi connectivity index (χ1v) is 9.77. The van der Waals surface area contributed by atoms with Crippen LogP contribution in [0.5, 0.6) is 0 Å². The number of methoxy groups -OCH3 is 1. The molecule has 0 aromatic heterocycles. The zero-order chi connectivity index (χ0) is 19.5. The highest BCUT2D eigenvalue weighted by Crippen LogP contribution is 2.30. The molecule has 0 amide bonds. The Bertz CT molecular complexity index is 569. The van der Waals surface area contributed by atoms with E-state index in [9.17, 15) is 9.59 Å². The van der Waals surface area contributed by atoms with Gasteiger partial charge in [0.1, 0.15) is 13.2 Å². The number of hydrogen-bond acceptors (Lipinski definition) is 6. The number of nitrogens with zero attached hydrogens (tertiary/aromatic N) is 1. The monoisotopic (exact) mass is 377 g/mol. The second-order valence-electron chi connectivity index (χ2n) is 6.79. The normalized spacial score (nSPS) is 19.3. The third-order valence-electron chi connectivity index (χ3n) is 5.03. The standard InChI is InChI=1S/C21H31NO5/c1-3-22(19-7-5-4-6-8-19)13-14-26-20(23)17-9-11-18(12-10-17)21(24)27-16-15-25-2/h4-8,17-18H,3,9-16H2,1-2H3. The first-order chi connectivity index (χ1) is 13.2. The maximum atomic E-state index is 12.3. The van der Waals surface area contributed by atoms with E-state index in [0.29, 0.717) is 45.4 Å². The molecule has 0 spiro atoms. The van der Waals surface area contributed by atoms with Crippen molar-refractivity contribution in [3.8, 4) is 0 Å². The van der Waals surface area contributed by atoms with Gasteiger partial charge in [-0.15, -0.1) is 0 Å². The Balaban J connectivity index is 1.68. The minimum Gasteiger partial charge on any atom is -0.464 e. The summed E-state index contributed by atoms with van der Waals surface area (Å²) in [6, 6.07) is 10.1. The molecular weight excluding hydrogens is 346 g/mol. The number of ether oxygens (including phenoxy) is 3. The van der Waals surface area contributed by atoms with E-state index in [0.717, 1.165) is 12.2 Å². The molecule has 2 rings (SSSR count). The quantitative estimate of drug-likeness (QED) is 0.461. The first kappa shape index (κ1) is 21.2. The summed E-state index contributed by atoms with van der Waals surface area (Å²) in [5, 5.41) is 0. The highest BCUT2D eigenvalue weighted by molar-refractivity contribution is 5.75. The van der Waals surface area contributed by atoms with Crippen molar-refractivity contribution in [1.29, 1.82) is 0 Å². The van der Waals surface area contributed by atoms with Crippen molar-refractivity contribution in [3.63, 3.8) is 0 Å². The molecule has 0 unspecified atom stereocenters. The Morgan fingerprint density at radius 3 is 2.00 bits per heavy atom. The van der Waals surface area contributed by atoms with Crippen molar-refractivity contribution in [1.82, 2.24) is 0 Å². The topological polar surface area (TPSA) is 65.1 Å². The van der Waals surface area contributed by atoms with E-state index in [4.69, 9.17) is 14.2 Å². The molecule has 1 aliphatic rings. The second kappa shape index (κ2) is 11.6. The van der Waals surface area contributed by atoms with Crippen LogP contribution in [0.25, 0.3) is 0 Å². The van der Waals surface area contributed by atoms with E-state index in [1.54, 1.807) is 7.11 Å². The summed E-state index contributed by atoms with van der Waals surface area (Å²) in [6.07, 6.45) is 2.71. The Morgan fingerprint density at radius 1 is 0.926 bits per heavy atom. The molecule has 1 saturated carbocycles. The zero-order valence-electron chi connectivity index (χ0n) is 16.4.